The van der Waals surface area contributed by atoms with E-state index in [1.54, 1.807) is 26.8 Å². The molecule has 2 aromatic rings. The highest BCUT2D eigenvalue weighted by Gasteiger charge is 2.34. The van der Waals surface area contributed by atoms with Gasteiger partial charge in [0.1, 0.15) is 0 Å². The van der Waals surface area contributed by atoms with Crippen LogP contribution in [0.2, 0.25) is 0 Å². The molecule has 1 aliphatic heterocycles. The summed E-state index contributed by atoms with van der Waals surface area (Å²) in [6.45, 7) is 5.68. The van der Waals surface area contributed by atoms with Crippen molar-refractivity contribution in [2.24, 2.45) is 5.41 Å². The van der Waals surface area contributed by atoms with Gasteiger partial charge >= 0.3 is 0 Å². The van der Waals surface area contributed by atoms with Gasteiger partial charge in [0.05, 0.1) is 5.69 Å². The van der Waals surface area contributed by atoms with E-state index < -0.39 is 15.4 Å². The van der Waals surface area contributed by atoms with E-state index in [2.05, 4.69) is 15.5 Å². The van der Waals surface area contributed by atoms with Crippen LogP contribution in [0.25, 0.3) is 0 Å². The Morgan fingerprint density at radius 3 is 2.67 bits per heavy atom. The number of carbonyl (C=O) groups is 1. The van der Waals surface area contributed by atoms with Gasteiger partial charge in [-0.1, -0.05) is 50.3 Å². The molecule has 0 saturated carbocycles. The number of hydrogen-bond donors (Lipinski definition) is 1. The van der Waals surface area contributed by atoms with Crippen LogP contribution in [0.4, 0.5) is 10.8 Å². The first-order chi connectivity index (χ1) is 11.2. The Balaban J connectivity index is 1.86. The van der Waals surface area contributed by atoms with Crippen molar-refractivity contribution in [1.82, 2.24) is 10.2 Å². The smallest absolute Gasteiger partial charge is 0.293 e. The third-order valence-corrected chi connectivity index (χ3v) is 6.66. The van der Waals surface area contributed by atoms with Crippen molar-refractivity contribution in [2.45, 2.75) is 31.5 Å². The van der Waals surface area contributed by atoms with E-state index in [-0.39, 0.29) is 15.4 Å². The molecule has 0 fully saturated rings. The summed E-state index contributed by atoms with van der Waals surface area (Å²) in [5.41, 5.74) is 1.07. The SMILES string of the molecule is CC(C)(C)C(=O)Nc1nnc(S(=O)(=O)N2CCc3ccccc32)s1. The number of nitrogens with zero attached hydrogens (tertiary/aromatic N) is 3. The number of rotatable bonds is 3. The average Bonchev–Trinajstić information content (AvgIpc) is 3.13. The lowest BCUT2D eigenvalue weighted by molar-refractivity contribution is -0.123. The van der Waals surface area contributed by atoms with Crippen molar-refractivity contribution < 1.29 is 13.2 Å². The average molecular weight is 366 g/mol. The Hall–Kier alpha value is -2.00. The summed E-state index contributed by atoms with van der Waals surface area (Å²) in [4.78, 5) is 12.0. The Bertz CT molecular complexity index is 884. The summed E-state index contributed by atoms with van der Waals surface area (Å²) in [6.07, 6.45) is 0.668. The van der Waals surface area contributed by atoms with Crippen LogP contribution in [-0.2, 0) is 21.2 Å². The number of amides is 1. The minimum atomic E-state index is -3.78. The fourth-order valence-electron chi connectivity index (χ4n) is 2.30. The molecule has 0 aliphatic carbocycles. The van der Waals surface area contributed by atoms with Crippen LogP contribution in [0.1, 0.15) is 26.3 Å². The second kappa shape index (κ2) is 5.82. The summed E-state index contributed by atoms with van der Waals surface area (Å²) in [5.74, 6) is -0.242. The van der Waals surface area contributed by atoms with Gasteiger partial charge in [-0.05, 0) is 18.1 Å². The number of benzene rings is 1. The predicted molar refractivity (Wildman–Crippen MR) is 92.7 cm³/mol. The molecule has 0 spiro atoms. The zero-order valence-electron chi connectivity index (χ0n) is 13.6. The molecule has 2 heterocycles. The standard InChI is InChI=1S/C15H18N4O3S2/c1-15(2,3)12(20)16-13-17-18-14(23-13)24(21,22)19-9-8-10-6-4-5-7-11(10)19/h4-7H,8-9H2,1-3H3,(H,16,17,20). The van der Waals surface area contributed by atoms with Crippen LogP contribution in [0.3, 0.4) is 0 Å². The van der Waals surface area contributed by atoms with Crippen LogP contribution >= 0.6 is 11.3 Å². The van der Waals surface area contributed by atoms with Gasteiger partial charge in [-0.3, -0.25) is 9.10 Å². The van der Waals surface area contributed by atoms with Gasteiger partial charge in [-0.2, -0.15) is 8.42 Å². The quantitative estimate of drug-likeness (QED) is 0.841. The van der Waals surface area contributed by atoms with Crippen LogP contribution in [0, 0.1) is 5.41 Å². The zero-order chi connectivity index (χ0) is 17.5. The van der Waals surface area contributed by atoms with Gasteiger partial charge in [-0.15, -0.1) is 10.2 Å². The monoisotopic (exact) mass is 366 g/mol. The van der Waals surface area contributed by atoms with Crippen LogP contribution < -0.4 is 9.62 Å². The van der Waals surface area contributed by atoms with Crippen LogP contribution in [0.5, 0.6) is 0 Å². The summed E-state index contributed by atoms with van der Waals surface area (Å²) in [7, 11) is -3.78. The Labute approximate surface area is 144 Å². The topological polar surface area (TPSA) is 92.3 Å². The van der Waals surface area contributed by atoms with Crippen LogP contribution in [-0.4, -0.2) is 31.1 Å². The molecule has 3 rings (SSSR count). The highest BCUT2D eigenvalue weighted by Crippen LogP contribution is 2.34. The molecule has 1 aliphatic rings. The van der Waals surface area contributed by atoms with Gasteiger partial charge in [0.15, 0.2) is 0 Å². The van der Waals surface area contributed by atoms with Crippen molar-refractivity contribution in [2.75, 3.05) is 16.2 Å². The first-order valence-corrected chi connectivity index (χ1v) is 9.71. The van der Waals surface area contributed by atoms with E-state index in [9.17, 15) is 13.2 Å². The number of sulfonamides is 1. The fraction of sp³-hybridized carbons (Fsp3) is 0.400. The van der Waals surface area contributed by atoms with E-state index in [0.717, 1.165) is 16.9 Å². The lowest BCUT2D eigenvalue weighted by atomic mass is 9.96. The highest BCUT2D eigenvalue weighted by atomic mass is 32.2. The van der Waals surface area contributed by atoms with Crippen molar-refractivity contribution in [3.63, 3.8) is 0 Å². The molecular formula is C15H18N4O3S2. The number of carbonyl (C=O) groups excluding carboxylic acids is 1. The summed E-state index contributed by atoms with van der Waals surface area (Å²) >= 11 is 0.862. The van der Waals surface area contributed by atoms with Gasteiger partial charge in [0.25, 0.3) is 14.4 Å². The molecule has 1 aromatic carbocycles. The molecule has 0 saturated heterocycles. The molecule has 0 unspecified atom stereocenters. The summed E-state index contributed by atoms with van der Waals surface area (Å²) in [5, 5.41) is 10.3. The number of aromatic nitrogens is 2. The van der Waals surface area contributed by atoms with Gasteiger partial charge < -0.3 is 5.32 Å². The Kier molecular flexibility index (Phi) is 4.08. The van der Waals surface area contributed by atoms with E-state index >= 15 is 0 Å². The predicted octanol–water partition coefficient (Wildman–Crippen LogP) is 2.27. The molecule has 9 heteroatoms. The molecule has 128 valence electrons. The Morgan fingerprint density at radius 1 is 1.25 bits per heavy atom. The minimum absolute atomic E-state index is 0.122. The first-order valence-electron chi connectivity index (χ1n) is 7.45. The number of nitrogens with one attached hydrogen (secondary N) is 1. The van der Waals surface area contributed by atoms with E-state index in [4.69, 9.17) is 0 Å². The van der Waals surface area contributed by atoms with Gasteiger partial charge in [0.2, 0.25) is 11.0 Å². The van der Waals surface area contributed by atoms with Crippen LogP contribution in [0.15, 0.2) is 28.6 Å². The normalized spacial score (nSPS) is 14.5. The molecule has 24 heavy (non-hydrogen) atoms. The summed E-state index contributed by atoms with van der Waals surface area (Å²) < 4.78 is 26.9. The van der Waals surface area contributed by atoms with Gasteiger partial charge in [-0.25, -0.2) is 0 Å². The molecule has 0 bridgehead atoms. The molecule has 7 nitrogen and oxygen atoms in total. The van der Waals surface area contributed by atoms with Crippen molar-refractivity contribution in [3.05, 3.63) is 29.8 Å². The molecule has 1 N–H and O–H groups in total. The maximum absolute atomic E-state index is 12.8. The fourth-order valence-corrected chi connectivity index (χ4v) is 4.80. The molecular weight excluding hydrogens is 348 g/mol. The summed E-state index contributed by atoms with van der Waals surface area (Å²) in [6, 6.07) is 7.39. The number of hydrogen-bond acceptors (Lipinski definition) is 6. The zero-order valence-corrected chi connectivity index (χ0v) is 15.2. The van der Waals surface area contributed by atoms with E-state index in [1.165, 1.54) is 4.31 Å². The van der Waals surface area contributed by atoms with Crippen molar-refractivity contribution in [3.8, 4) is 0 Å². The minimum Gasteiger partial charge on any atom is -0.300 e. The maximum Gasteiger partial charge on any atom is 0.293 e. The van der Waals surface area contributed by atoms with E-state index in [0.29, 0.717) is 18.7 Å². The largest absolute Gasteiger partial charge is 0.300 e. The van der Waals surface area contributed by atoms with Gasteiger partial charge in [0, 0.05) is 12.0 Å². The Morgan fingerprint density at radius 2 is 1.96 bits per heavy atom. The second-order valence-corrected chi connectivity index (χ2v) is 9.55. The first kappa shape index (κ1) is 16.8. The van der Waals surface area contributed by atoms with Crippen molar-refractivity contribution in [1.29, 1.82) is 0 Å². The third kappa shape index (κ3) is 3.01. The maximum atomic E-state index is 12.8. The lowest BCUT2D eigenvalue weighted by Crippen LogP contribution is -2.29. The second-order valence-electron chi connectivity index (χ2n) is 6.53. The molecule has 1 amide bonds. The lowest BCUT2D eigenvalue weighted by Gasteiger charge is -2.17. The number of para-hydroxylation sites is 1. The van der Waals surface area contributed by atoms with Crippen molar-refractivity contribution >= 4 is 38.1 Å². The molecule has 0 radical (unpaired) electrons. The molecule has 0 atom stereocenters. The molecule has 1 aromatic heterocycles. The highest BCUT2D eigenvalue weighted by molar-refractivity contribution is 7.94. The third-order valence-electron chi connectivity index (χ3n) is 3.66. The van der Waals surface area contributed by atoms with E-state index in [1.807, 2.05) is 18.2 Å². The number of anilines is 2. The number of fused-ring (bicyclic) bond motifs is 1.